The highest BCUT2D eigenvalue weighted by atomic mass is 32.2. The van der Waals surface area contributed by atoms with Crippen molar-refractivity contribution in [3.8, 4) is 0 Å². The van der Waals surface area contributed by atoms with Crippen molar-refractivity contribution in [3.63, 3.8) is 0 Å². The van der Waals surface area contributed by atoms with E-state index in [-0.39, 0.29) is 5.91 Å². The van der Waals surface area contributed by atoms with Crippen molar-refractivity contribution in [2.75, 3.05) is 36.8 Å². The van der Waals surface area contributed by atoms with Gasteiger partial charge in [0.05, 0.1) is 16.0 Å². The molecule has 0 aliphatic carbocycles. The van der Waals surface area contributed by atoms with Gasteiger partial charge in [-0.25, -0.2) is 15.0 Å². The molecule has 0 spiro atoms. The SMILES string of the molecule is O=C(CSCc1nc2ccccc2s1)N1CCN(c2nc3cccnc3s2)CC1. The Bertz CT molecular complexity index is 1080. The van der Waals surface area contributed by atoms with Crippen LogP contribution in [0.2, 0.25) is 0 Å². The minimum atomic E-state index is 0.210. The number of anilines is 1. The normalized spacial score (nSPS) is 14.8. The van der Waals surface area contributed by atoms with Crippen LogP contribution in [-0.2, 0) is 10.5 Å². The number of pyridine rings is 1. The summed E-state index contributed by atoms with van der Waals surface area (Å²) in [6, 6.07) is 12.1. The zero-order valence-electron chi connectivity index (χ0n) is 15.7. The van der Waals surface area contributed by atoms with Crippen LogP contribution >= 0.6 is 34.4 Å². The van der Waals surface area contributed by atoms with E-state index in [1.54, 1.807) is 40.6 Å². The number of carbonyl (C=O) groups is 1. The Labute approximate surface area is 180 Å². The van der Waals surface area contributed by atoms with Crippen molar-refractivity contribution >= 4 is 66.0 Å². The lowest BCUT2D eigenvalue weighted by atomic mass is 10.3. The Balaban J connectivity index is 1.12. The van der Waals surface area contributed by atoms with Crippen molar-refractivity contribution in [1.29, 1.82) is 0 Å². The van der Waals surface area contributed by atoms with Gasteiger partial charge in [0.1, 0.15) is 15.4 Å². The third kappa shape index (κ3) is 4.08. The average molecular weight is 442 g/mol. The van der Waals surface area contributed by atoms with E-state index in [1.165, 1.54) is 4.70 Å². The zero-order chi connectivity index (χ0) is 19.6. The van der Waals surface area contributed by atoms with Crippen LogP contribution in [0.4, 0.5) is 5.13 Å². The monoisotopic (exact) mass is 441 g/mol. The number of aromatic nitrogens is 3. The number of hydrogen-bond donors (Lipinski definition) is 0. The van der Waals surface area contributed by atoms with Crippen molar-refractivity contribution in [1.82, 2.24) is 19.9 Å². The van der Waals surface area contributed by atoms with Gasteiger partial charge in [-0.2, -0.15) is 0 Å². The summed E-state index contributed by atoms with van der Waals surface area (Å²) in [4.78, 5) is 31.5. The number of nitrogens with zero attached hydrogens (tertiary/aromatic N) is 5. The first kappa shape index (κ1) is 18.8. The number of benzene rings is 1. The summed E-state index contributed by atoms with van der Waals surface area (Å²) in [5.74, 6) is 1.49. The lowest BCUT2D eigenvalue weighted by Gasteiger charge is -2.34. The molecule has 148 valence electrons. The number of carbonyl (C=O) groups excluding carboxylic acids is 1. The topological polar surface area (TPSA) is 62.2 Å². The summed E-state index contributed by atoms with van der Waals surface area (Å²) in [5.41, 5.74) is 1.98. The molecule has 0 unspecified atom stereocenters. The van der Waals surface area contributed by atoms with E-state index >= 15 is 0 Å². The molecule has 4 heterocycles. The summed E-state index contributed by atoms with van der Waals surface area (Å²) in [7, 11) is 0. The van der Waals surface area contributed by atoms with Gasteiger partial charge >= 0.3 is 0 Å². The van der Waals surface area contributed by atoms with Gasteiger partial charge in [-0.15, -0.1) is 23.1 Å². The molecule has 1 aliphatic heterocycles. The Kier molecular flexibility index (Phi) is 5.34. The molecule has 0 N–H and O–H groups in total. The molecule has 1 amide bonds. The van der Waals surface area contributed by atoms with Gasteiger partial charge in [-0.3, -0.25) is 4.79 Å². The minimum Gasteiger partial charge on any atom is -0.344 e. The predicted molar refractivity (Wildman–Crippen MR) is 122 cm³/mol. The molecule has 3 aromatic heterocycles. The van der Waals surface area contributed by atoms with Crippen LogP contribution in [0, 0.1) is 0 Å². The molecule has 0 radical (unpaired) electrons. The molecule has 1 saturated heterocycles. The highest BCUT2D eigenvalue weighted by Crippen LogP contribution is 2.28. The number of para-hydroxylation sites is 1. The van der Waals surface area contributed by atoms with E-state index in [4.69, 9.17) is 0 Å². The maximum atomic E-state index is 12.6. The first-order chi connectivity index (χ1) is 14.3. The minimum absolute atomic E-state index is 0.210. The first-order valence-electron chi connectivity index (χ1n) is 9.43. The predicted octanol–water partition coefficient (Wildman–Crippen LogP) is 3.88. The molecular weight excluding hydrogens is 422 g/mol. The maximum absolute atomic E-state index is 12.6. The van der Waals surface area contributed by atoms with E-state index < -0.39 is 0 Å². The van der Waals surface area contributed by atoms with E-state index in [2.05, 4.69) is 25.9 Å². The van der Waals surface area contributed by atoms with Crippen LogP contribution in [0.5, 0.6) is 0 Å². The Hall–Kier alpha value is -2.23. The van der Waals surface area contributed by atoms with Gasteiger partial charge in [0, 0.05) is 38.1 Å². The molecule has 0 saturated carbocycles. The summed E-state index contributed by atoms with van der Waals surface area (Å²) in [5, 5.41) is 2.08. The molecule has 9 heteroatoms. The van der Waals surface area contributed by atoms with Gasteiger partial charge in [0.15, 0.2) is 5.13 Å². The van der Waals surface area contributed by atoms with Gasteiger partial charge in [-0.05, 0) is 24.3 Å². The molecule has 4 aromatic rings. The van der Waals surface area contributed by atoms with Crippen LogP contribution in [0.25, 0.3) is 20.6 Å². The van der Waals surface area contributed by atoms with Crippen molar-refractivity contribution in [2.24, 2.45) is 0 Å². The zero-order valence-corrected chi connectivity index (χ0v) is 18.1. The van der Waals surface area contributed by atoms with E-state index in [0.717, 1.165) is 57.9 Å². The van der Waals surface area contributed by atoms with Crippen LogP contribution in [0.15, 0.2) is 42.6 Å². The van der Waals surface area contributed by atoms with E-state index in [0.29, 0.717) is 5.75 Å². The number of fused-ring (bicyclic) bond motifs is 2. The molecule has 5 rings (SSSR count). The lowest BCUT2D eigenvalue weighted by Crippen LogP contribution is -2.49. The molecule has 0 atom stereocenters. The van der Waals surface area contributed by atoms with E-state index in [9.17, 15) is 4.79 Å². The third-order valence-corrected chi connectivity index (χ3v) is 8.03. The van der Waals surface area contributed by atoms with Crippen LogP contribution in [-0.4, -0.2) is 57.7 Å². The van der Waals surface area contributed by atoms with E-state index in [1.807, 2.05) is 35.2 Å². The molecule has 1 aromatic carbocycles. The van der Waals surface area contributed by atoms with Gasteiger partial charge in [-0.1, -0.05) is 23.5 Å². The Morgan fingerprint density at radius 2 is 1.83 bits per heavy atom. The fourth-order valence-electron chi connectivity index (χ4n) is 3.34. The number of hydrogen-bond acceptors (Lipinski definition) is 8. The number of thiazole rings is 2. The molecule has 1 aliphatic rings. The largest absolute Gasteiger partial charge is 0.344 e. The van der Waals surface area contributed by atoms with Crippen molar-refractivity contribution in [3.05, 3.63) is 47.6 Å². The molecule has 0 bridgehead atoms. The lowest BCUT2D eigenvalue weighted by molar-refractivity contribution is -0.128. The molecular formula is C20H19N5OS3. The Morgan fingerprint density at radius 3 is 2.66 bits per heavy atom. The second-order valence-electron chi connectivity index (χ2n) is 6.76. The van der Waals surface area contributed by atoms with Crippen molar-refractivity contribution in [2.45, 2.75) is 5.75 Å². The summed E-state index contributed by atoms with van der Waals surface area (Å²) >= 11 is 4.97. The number of rotatable bonds is 5. The number of thioether (sulfide) groups is 1. The van der Waals surface area contributed by atoms with Gasteiger partial charge in [0.25, 0.3) is 0 Å². The second-order valence-corrected chi connectivity index (χ2v) is 9.82. The first-order valence-corrected chi connectivity index (χ1v) is 12.2. The standard InChI is InChI=1S/C20H19N5OS3/c26-18(13-27-12-17-22-14-4-1-2-6-16(14)28-17)24-8-10-25(11-9-24)20-23-15-5-3-7-21-19(15)29-20/h1-7H,8-13H2. The third-order valence-electron chi connectivity index (χ3n) is 4.85. The second kappa shape index (κ2) is 8.25. The summed E-state index contributed by atoms with van der Waals surface area (Å²) in [6.45, 7) is 3.11. The number of piperazine rings is 1. The fraction of sp³-hybridized carbons (Fsp3) is 0.300. The smallest absolute Gasteiger partial charge is 0.232 e. The Morgan fingerprint density at radius 1 is 1.00 bits per heavy atom. The quantitative estimate of drug-likeness (QED) is 0.468. The van der Waals surface area contributed by atoms with Crippen LogP contribution < -0.4 is 4.90 Å². The average Bonchev–Trinajstić information content (AvgIpc) is 3.37. The molecule has 1 fully saturated rings. The highest BCUT2D eigenvalue weighted by molar-refractivity contribution is 7.99. The number of amides is 1. The van der Waals surface area contributed by atoms with Gasteiger partial charge < -0.3 is 9.80 Å². The molecule has 6 nitrogen and oxygen atoms in total. The van der Waals surface area contributed by atoms with Crippen LogP contribution in [0.3, 0.4) is 0 Å². The maximum Gasteiger partial charge on any atom is 0.232 e. The molecule has 29 heavy (non-hydrogen) atoms. The summed E-state index contributed by atoms with van der Waals surface area (Å²) in [6.07, 6.45) is 1.80. The van der Waals surface area contributed by atoms with Crippen molar-refractivity contribution < 1.29 is 4.79 Å². The van der Waals surface area contributed by atoms with Crippen LogP contribution in [0.1, 0.15) is 5.01 Å². The van der Waals surface area contributed by atoms with Gasteiger partial charge in [0.2, 0.25) is 5.91 Å². The highest BCUT2D eigenvalue weighted by Gasteiger charge is 2.23. The summed E-state index contributed by atoms with van der Waals surface area (Å²) < 4.78 is 1.20. The fourth-order valence-corrected chi connectivity index (χ4v) is 6.25.